The van der Waals surface area contributed by atoms with E-state index in [1.807, 2.05) is 6.07 Å². The summed E-state index contributed by atoms with van der Waals surface area (Å²) in [6, 6.07) is 13.9. The SMILES string of the molecule is N#Cc1ccc(-n2nccc2-c2cn(-c3cccc(C(F)(F)F)c3)c(=O)n(C3COC3)c2=O)cc1. The Bertz CT molecular complexity index is 1570. The van der Waals surface area contributed by atoms with Crippen LogP contribution in [-0.4, -0.2) is 32.1 Å². The summed E-state index contributed by atoms with van der Waals surface area (Å²) < 4.78 is 48.6. The van der Waals surface area contributed by atoms with E-state index in [9.17, 15) is 22.8 Å². The van der Waals surface area contributed by atoms with Crippen molar-refractivity contribution < 1.29 is 17.9 Å². The maximum atomic E-state index is 13.4. The normalized spacial score (nSPS) is 13.9. The molecular formula is C24H16F3N5O3. The lowest BCUT2D eigenvalue weighted by atomic mass is 10.1. The number of halogens is 3. The van der Waals surface area contributed by atoms with Gasteiger partial charge in [-0.05, 0) is 48.5 Å². The molecule has 176 valence electrons. The van der Waals surface area contributed by atoms with E-state index in [0.29, 0.717) is 16.9 Å². The zero-order chi connectivity index (χ0) is 24.7. The summed E-state index contributed by atoms with van der Waals surface area (Å²) in [6.45, 7) is 0.270. The zero-order valence-corrected chi connectivity index (χ0v) is 17.9. The Morgan fingerprint density at radius 3 is 2.40 bits per heavy atom. The second-order valence-electron chi connectivity index (χ2n) is 7.90. The largest absolute Gasteiger partial charge is 0.416 e. The third-order valence-electron chi connectivity index (χ3n) is 5.72. The summed E-state index contributed by atoms with van der Waals surface area (Å²) in [7, 11) is 0. The Labute approximate surface area is 195 Å². The van der Waals surface area contributed by atoms with E-state index in [-0.39, 0.29) is 24.5 Å². The van der Waals surface area contributed by atoms with Gasteiger partial charge >= 0.3 is 11.9 Å². The van der Waals surface area contributed by atoms with Crippen molar-refractivity contribution >= 4 is 0 Å². The van der Waals surface area contributed by atoms with Crippen molar-refractivity contribution in [3.8, 4) is 28.7 Å². The van der Waals surface area contributed by atoms with Crippen molar-refractivity contribution in [2.75, 3.05) is 13.2 Å². The molecule has 1 fully saturated rings. The molecule has 0 N–H and O–H groups in total. The molecule has 0 aliphatic carbocycles. The summed E-state index contributed by atoms with van der Waals surface area (Å²) in [4.78, 5) is 26.7. The topological polar surface area (TPSA) is 94.8 Å². The van der Waals surface area contributed by atoms with Crippen LogP contribution in [0.4, 0.5) is 13.2 Å². The Kier molecular flexibility index (Phi) is 5.37. The van der Waals surface area contributed by atoms with Gasteiger partial charge in [0.1, 0.15) is 0 Å². The van der Waals surface area contributed by atoms with E-state index in [0.717, 1.165) is 21.3 Å². The Morgan fingerprint density at radius 2 is 1.77 bits per heavy atom. The second kappa shape index (κ2) is 8.41. The third kappa shape index (κ3) is 3.94. The molecule has 0 saturated carbocycles. The van der Waals surface area contributed by atoms with Crippen LogP contribution >= 0.6 is 0 Å². The molecular weight excluding hydrogens is 463 g/mol. The second-order valence-corrected chi connectivity index (χ2v) is 7.90. The molecule has 3 heterocycles. The molecule has 0 spiro atoms. The lowest BCUT2D eigenvalue weighted by molar-refractivity contribution is -0.137. The van der Waals surface area contributed by atoms with Gasteiger partial charge in [0.25, 0.3) is 5.56 Å². The summed E-state index contributed by atoms with van der Waals surface area (Å²) >= 11 is 0. The van der Waals surface area contributed by atoms with E-state index in [1.165, 1.54) is 29.2 Å². The fourth-order valence-corrected chi connectivity index (χ4v) is 3.85. The van der Waals surface area contributed by atoms with Gasteiger partial charge < -0.3 is 4.74 Å². The van der Waals surface area contributed by atoms with Crippen molar-refractivity contribution in [3.05, 3.63) is 99.0 Å². The van der Waals surface area contributed by atoms with E-state index >= 15 is 0 Å². The van der Waals surface area contributed by atoms with Crippen LogP contribution in [0.15, 0.2) is 76.6 Å². The number of aromatic nitrogens is 4. The highest BCUT2D eigenvalue weighted by Crippen LogP contribution is 2.30. The van der Waals surface area contributed by atoms with Gasteiger partial charge in [-0.15, -0.1) is 0 Å². The minimum Gasteiger partial charge on any atom is -0.377 e. The van der Waals surface area contributed by atoms with Crippen LogP contribution in [0.1, 0.15) is 17.2 Å². The van der Waals surface area contributed by atoms with Crippen LogP contribution in [0.2, 0.25) is 0 Å². The summed E-state index contributed by atoms with van der Waals surface area (Å²) in [5.41, 5.74) is -0.949. The van der Waals surface area contributed by atoms with Gasteiger partial charge in [-0.2, -0.15) is 23.5 Å². The van der Waals surface area contributed by atoms with E-state index in [1.54, 1.807) is 30.3 Å². The van der Waals surface area contributed by atoms with Crippen LogP contribution in [0.25, 0.3) is 22.6 Å². The Hall–Kier alpha value is -4.43. The minimum absolute atomic E-state index is 0.0375. The van der Waals surface area contributed by atoms with Gasteiger partial charge in [0.15, 0.2) is 0 Å². The number of hydrogen-bond donors (Lipinski definition) is 0. The summed E-state index contributed by atoms with van der Waals surface area (Å²) in [5, 5.41) is 13.3. The smallest absolute Gasteiger partial charge is 0.377 e. The van der Waals surface area contributed by atoms with Crippen LogP contribution in [-0.2, 0) is 10.9 Å². The molecule has 2 aromatic carbocycles. The molecule has 1 saturated heterocycles. The van der Waals surface area contributed by atoms with Crippen LogP contribution in [0.5, 0.6) is 0 Å². The minimum atomic E-state index is -4.60. The molecule has 0 radical (unpaired) electrons. The van der Waals surface area contributed by atoms with Gasteiger partial charge in [-0.3, -0.25) is 13.9 Å². The van der Waals surface area contributed by atoms with E-state index in [4.69, 9.17) is 10.00 Å². The number of benzene rings is 2. The summed E-state index contributed by atoms with van der Waals surface area (Å²) in [5.74, 6) is 0. The van der Waals surface area contributed by atoms with Gasteiger partial charge in [0.05, 0.1) is 65.3 Å². The number of ether oxygens (including phenoxy) is 1. The van der Waals surface area contributed by atoms with Gasteiger partial charge in [0, 0.05) is 6.20 Å². The monoisotopic (exact) mass is 479 g/mol. The molecule has 8 nitrogen and oxygen atoms in total. The number of nitrogens with zero attached hydrogens (tertiary/aromatic N) is 5. The van der Waals surface area contributed by atoms with Crippen molar-refractivity contribution in [2.45, 2.75) is 12.2 Å². The van der Waals surface area contributed by atoms with Crippen molar-refractivity contribution in [2.24, 2.45) is 0 Å². The first-order valence-electron chi connectivity index (χ1n) is 10.5. The van der Waals surface area contributed by atoms with Crippen LogP contribution < -0.4 is 11.2 Å². The maximum Gasteiger partial charge on any atom is 0.416 e. The fourth-order valence-electron chi connectivity index (χ4n) is 3.85. The molecule has 0 bridgehead atoms. The highest BCUT2D eigenvalue weighted by Gasteiger charge is 2.31. The molecule has 2 aromatic heterocycles. The molecule has 1 aliphatic rings. The number of rotatable bonds is 4. The molecule has 0 atom stereocenters. The first kappa shape index (κ1) is 22.4. The van der Waals surface area contributed by atoms with Gasteiger partial charge in [0.2, 0.25) is 0 Å². The lowest BCUT2D eigenvalue weighted by Crippen LogP contribution is -2.48. The van der Waals surface area contributed by atoms with Crippen molar-refractivity contribution in [1.29, 1.82) is 5.26 Å². The van der Waals surface area contributed by atoms with Gasteiger partial charge in [-0.1, -0.05) is 6.07 Å². The Balaban J connectivity index is 1.73. The molecule has 35 heavy (non-hydrogen) atoms. The highest BCUT2D eigenvalue weighted by molar-refractivity contribution is 5.61. The molecule has 11 heteroatoms. The van der Waals surface area contributed by atoms with Crippen LogP contribution in [0, 0.1) is 11.3 Å². The lowest BCUT2D eigenvalue weighted by Gasteiger charge is -2.28. The van der Waals surface area contributed by atoms with Gasteiger partial charge in [-0.25, -0.2) is 9.48 Å². The standard InChI is InChI=1S/C24H16F3N5O3/c25-24(26,27)16-2-1-3-18(10-16)30-12-20(22(33)31(23(30)34)19-13-35-14-19)21-8-9-29-32(21)17-6-4-15(11-28)5-7-17/h1-10,12,19H,13-14H2. The zero-order valence-electron chi connectivity index (χ0n) is 17.9. The maximum absolute atomic E-state index is 13.4. The van der Waals surface area contributed by atoms with E-state index in [2.05, 4.69) is 5.10 Å². The molecule has 1 aliphatic heterocycles. The fraction of sp³-hybridized carbons (Fsp3) is 0.167. The molecule has 0 unspecified atom stereocenters. The number of nitriles is 1. The van der Waals surface area contributed by atoms with Crippen molar-refractivity contribution in [3.63, 3.8) is 0 Å². The average molecular weight is 479 g/mol. The van der Waals surface area contributed by atoms with Crippen LogP contribution in [0.3, 0.4) is 0 Å². The first-order chi connectivity index (χ1) is 16.8. The Morgan fingerprint density at radius 1 is 1.03 bits per heavy atom. The molecule has 0 amide bonds. The summed E-state index contributed by atoms with van der Waals surface area (Å²) in [6.07, 6.45) is -1.91. The predicted octanol–water partition coefficient (Wildman–Crippen LogP) is 3.31. The number of alkyl halides is 3. The first-order valence-corrected chi connectivity index (χ1v) is 10.5. The third-order valence-corrected chi connectivity index (χ3v) is 5.72. The number of hydrogen-bond acceptors (Lipinski definition) is 5. The molecule has 4 aromatic rings. The van der Waals surface area contributed by atoms with Crippen molar-refractivity contribution in [1.82, 2.24) is 18.9 Å². The molecule has 5 rings (SSSR count). The highest BCUT2D eigenvalue weighted by atomic mass is 19.4. The quantitative estimate of drug-likeness (QED) is 0.448. The van der Waals surface area contributed by atoms with E-state index < -0.39 is 29.0 Å². The average Bonchev–Trinajstić information content (AvgIpc) is 3.30. The predicted molar refractivity (Wildman–Crippen MR) is 118 cm³/mol.